The second kappa shape index (κ2) is 7.68. The third kappa shape index (κ3) is 4.03. The predicted molar refractivity (Wildman–Crippen MR) is 89.4 cm³/mol. The Morgan fingerprint density at radius 2 is 1.78 bits per heavy atom. The molecule has 2 aromatic carbocycles. The van der Waals surface area contributed by atoms with Crippen molar-refractivity contribution in [1.82, 2.24) is 0 Å². The highest BCUT2D eigenvalue weighted by molar-refractivity contribution is 5.76. The fourth-order valence-corrected chi connectivity index (χ4v) is 2.65. The van der Waals surface area contributed by atoms with Crippen LogP contribution in [0.1, 0.15) is 29.5 Å². The van der Waals surface area contributed by atoms with Crippen LogP contribution in [-0.2, 0) is 17.6 Å². The number of benzene rings is 2. The summed E-state index contributed by atoms with van der Waals surface area (Å²) < 4.78 is 10.4. The topological polar surface area (TPSA) is 55.8 Å². The van der Waals surface area contributed by atoms with E-state index in [0.29, 0.717) is 6.42 Å². The highest BCUT2D eigenvalue weighted by atomic mass is 16.5. The maximum atomic E-state index is 11.7. The number of carboxylic acid groups (broad SMARTS) is 1. The molecule has 0 saturated heterocycles. The van der Waals surface area contributed by atoms with Crippen LogP contribution in [0, 0.1) is 0 Å². The average molecular weight is 314 g/mol. The van der Waals surface area contributed by atoms with E-state index in [1.54, 1.807) is 26.4 Å². The monoisotopic (exact) mass is 314 g/mol. The lowest BCUT2D eigenvalue weighted by Crippen LogP contribution is -2.14. The van der Waals surface area contributed by atoms with Crippen molar-refractivity contribution in [3.8, 4) is 11.5 Å². The fraction of sp³-hybridized carbons (Fsp3) is 0.316. The van der Waals surface area contributed by atoms with Crippen molar-refractivity contribution in [3.63, 3.8) is 0 Å². The van der Waals surface area contributed by atoms with Crippen molar-refractivity contribution >= 4 is 5.97 Å². The lowest BCUT2D eigenvalue weighted by molar-refractivity contribution is -0.138. The lowest BCUT2D eigenvalue weighted by Gasteiger charge is -2.15. The average Bonchev–Trinajstić information content (AvgIpc) is 2.59. The minimum Gasteiger partial charge on any atom is -0.497 e. The summed E-state index contributed by atoms with van der Waals surface area (Å²) in [5, 5.41) is 9.59. The number of carbonyl (C=O) groups is 1. The molecule has 0 bridgehead atoms. The number of aryl methyl sites for hydroxylation is 1. The van der Waals surface area contributed by atoms with Crippen LogP contribution in [0.3, 0.4) is 0 Å². The van der Waals surface area contributed by atoms with Crippen molar-refractivity contribution in [2.45, 2.75) is 25.7 Å². The van der Waals surface area contributed by atoms with Gasteiger partial charge in [0.2, 0.25) is 0 Å². The summed E-state index contributed by atoms with van der Waals surface area (Å²) in [7, 11) is 3.24. The number of hydrogen-bond acceptors (Lipinski definition) is 3. The van der Waals surface area contributed by atoms with E-state index in [1.165, 1.54) is 0 Å². The smallest absolute Gasteiger partial charge is 0.311 e. The van der Waals surface area contributed by atoms with Gasteiger partial charge in [-0.3, -0.25) is 4.79 Å². The number of aliphatic carboxylic acids is 1. The molecule has 0 amide bonds. The molecular weight excluding hydrogens is 292 g/mol. The van der Waals surface area contributed by atoms with Crippen molar-refractivity contribution in [2.24, 2.45) is 0 Å². The quantitative estimate of drug-likeness (QED) is 0.847. The fourth-order valence-electron chi connectivity index (χ4n) is 2.65. The standard InChI is InChI=1S/C19H22O4/c1-4-14-11-13(5-10-18(14)23-3)12-17(19(20)21)15-6-8-16(22-2)9-7-15/h5-11,17H,4,12H2,1-3H3,(H,20,21). The molecule has 4 nitrogen and oxygen atoms in total. The maximum absolute atomic E-state index is 11.7. The lowest BCUT2D eigenvalue weighted by atomic mass is 9.91. The van der Waals surface area contributed by atoms with Gasteiger partial charge in [0.1, 0.15) is 11.5 Å². The molecule has 0 aliphatic carbocycles. The predicted octanol–water partition coefficient (Wildman–Crippen LogP) is 3.68. The van der Waals surface area contributed by atoms with Gasteiger partial charge >= 0.3 is 5.97 Å². The van der Waals surface area contributed by atoms with E-state index in [4.69, 9.17) is 9.47 Å². The van der Waals surface area contributed by atoms with Gasteiger partial charge in [-0.2, -0.15) is 0 Å². The Labute approximate surface area is 136 Å². The van der Waals surface area contributed by atoms with Gasteiger partial charge < -0.3 is 14.6 Å². The zero-order valence-corrected chi connectivity index (χ0v) is 13.7. The Bertz CT molecular complexity index is 662. The van der Waals surface area contributed by atoms with Crippen LogP contribution < -0.4 is 9.47 Å². The highest BCUT2D eigenvalue weighted by Gasteiger charge is 2.21. The van der Waals surface area contributed by atoms with Crippen LogP contribution in [0.4, 0.5) is 0 Å². The summed E-state index contributed by atoms with van der Waals surface area (Å²) in [5.74, 6) is 0.145. The summed E-state index contributed by atoms with van der Waals surface area (Å²) in [6.45, 7) is 2.06. The Hall–Kier alpha value is -2.49. The highest BCUT2D eigenvalue weighted by Crippen LogP contribution is 2.27. The minimum atomic E-state index is -0.830. The first-order valence-corrected chi connectivity index (χ1v) is 7.61. The summed E-state index contributed by atoms with van der Waals surface area (Å²) in [6, 6.07) is 13.0. The molecule has 2 rings (SSSR count). The number of carboxylic acids is 1. The van der Waals surface area contributed by atoms with Crippen LogP contribution in [0.5, 0.6) is 11.5 Å². The molecule has 0 aromatic heterocycles. The van der Waals surface area contributed by atoms with Crippen molar-refractivity contribution in [2.75, 3.05) is 14.2 Å². The van der Waals surface area contributed by atoms with Crippen molar-refractivity contribution in [3.05, 3.63) is 59.2 Å². The van der Waals surface area contributed by atoms with Gasteiger partial charge in [0.25, 0.3) is 0 Å². The molecule has 23 heavy (non-hydrogen) atoms. The van der Waals surface area contributed by atoms with Gasteiger partial charge in [0, 0.05) is 0 Å². The normalized spacial score (nSPS) is 11.8. The molecule has 4 heteroatoms. The van der Waals surface area contributed by atoms with E-state index in [1.807, 2.05) is 30.3 Å². The van der Waals surface area contributed by atoms with Gasteiger partial charge in [-0.25, -0.2) is 0 Å². The van der Waals surface area contributed by atoms with Crippen LogP contribution >= 0.6 is 0 Å². The molecule has 0 aliphatic heterocycles. The second-order valence-electron chi connectivity index (χ2n) is 5.37. The summed E-state index contributed by atoms with van der Waals surface area (Å²) >= 11 is 0. The van der Waals surface area contributed by atoms with Crippen LogP contribution in [0.2, 0.25) is 0 Å². The van der Waals surface area contributed by atoms with E-state index < -0.39 is 11.9 Å². The van der Waals surface area contributed by atoms with E-state index in [2.05, 4.69) is 6.92 Å². The molecule has 0 heterocycles. The van der Waals surface area contributed by atoms with Crippen LogP contribution in [-0.4, -0.2) is 25.3 Å². The Morgan fingerprint density at radius 1 is 1.09 bits per heavy atom. The first-order valence-electron chi connectivity index (χ1n) is 7.61. The maximum Gasteiger partial charge on any atom is 0.311 e. The van der Waals surface area contributed by atoms with Crippen LogP contribution in [0.25, 0.3) is 0 Å². The molecule has 0 fully saturated rings. The largest absolute Gasteiger partial charge is 0.497 e. The first kappa shape index (κ1) is 16.9. The van der Waals surface area contributed by atoms with Crippen molar-refractivity contribution in [1.29, 1.82) is 0 Å². The Kier molecular flexibility index (Phi) is 5.63. The molecule has 1 atom stereocenters. The van der Waals surface area contributed by atoms with Gasteiger partial charge in [0.15, 0.2) is 0 Å². The molecule has 122 valence electrons. The first-order chi connectivity index (χ1) is 11.1. The second-order valence-corrected chi connectivity index (χ2v) is 5.37. The van der Waals surface area contributed by atoms with E-state index >= 15 is 0 Å². The molecule has 0 radical (unpaired) electrons. The summed E-state index contributed by atoms with van der Waals surface area (Å²) in [4.78, 5) is 11.7. The van der Waals surface area contributed by atoms with E-state index in [9.17, 15) is 9.90 Å². The van der Waals surface area contributed by atoms with Gasteiger partial charge in [-0.15, -0.1) is 0 Å². The summed E-state index contributed by atoms with van der Waals surface area (Å²) in [6.07, 6.45) is 1.29. The molecule has 0 saturated carbocycles. The van der Waals surface area contributed by atoms with Crippen molar-refractivity contribution < 1.29 is 19.4 Å². The van der Waals surface area contributed by atoms with E-state index in [0.717, 1.165) is 34.6 Å². The van der Waals surface area contributed by atoms with Gasteiger partial charge in [0.05, 0.1) is 20.1 Å². The molecular formula is C19H22O4. The molecule has 1 N–H and O–H groups in total. The van der Waals surface area contributed by atoms with Crippen LogP contribution in [0.15, 0.2) is 42.5 Å². The molecule has 0 aliphatic rings. The number of rotatable bonds is 7. The molecule has 0 spiro atoms. The molecule has 2 aromatic rings. The third-order valence-electron chi connectivity index (χ3n) is 3.98. The minimum absolute atomic E-state index is 0.443. The number of ether oxygens (including phenoxy) is 2. The molecule has 1 unspecified atom stereocenters. The Morgan fingerprint density at radius 3 is 2.30 bits per heavy atom. The zero-order valence-electron chi connectivity index (χ0n) is 13.7. The zero-order chi connectivity index (χ0) is 16.8. The summed E-state index contributed by atoms with van der Waals surface area (Å²) in [5.41, 5.74) is 2.85. The third-order valence-corrected chi connectivity index (χ3v) is 3.98. The number of hydrogen-bond donors (Lipinski definition) is 1. The van der Waals surface area contributed by atoms with E-state index in [-0.39, 0.29) is 0 Å². The SMILES string of the molecule is CCc1cc(CC(C(=O)O)c2ccc(OC)cc2)ccc1OC. The van der Waals surface area contributed by atoms with Gasteiger partial charge in [-0.1, -0.05) is 31.2 Å². The number of methoxy groups -OCH3 is 2. The Balaban J connectivity index is 2.27. The van der Waals surface area contributed by atoms with Gasteiger partial charge in [-0.05, 0) is 47.7 Å².